The van der Waals surface area contributed by atoms with E-state index in [1.165, 1.54) is 4.68 Å². The molecule has 0 saturated carbocycles. The van der Waals surface area contributed by atoms with E-state index in [1.807, 2.05) is 18.2 Å². The predicted molar refractivity (Wildman–Crippen MR) is 39.3 cm³/mol. The van der Waals surface area contributed by atoms with E-state index >= 15 is 0 Å². The summed E-state index contributed by atoms with van der Waals surface area (Å²) in [6.07, 6.45) is 1.76. The Morgan fingerprint density at radius 3 is 2.90 bits per heavy atom. The van der Waals surface area contributed by atoms with E-state index in [-0.39, 0.29) is 0 Å². The molecule has 0 spiro atoms. The summed E-state index contributed by atoms with van der Waals surface area (Å²) in [4.78, 5) is 0. The first-order valence-corrected chi connectivity index (χ1v) is 3.03. The molecule has 0 saturated heterocycles. The standard InChI is InChI=1S/C8H9N2/c1-2-5-8-6-3-4-7-10(8)9/h3-4,6-7H,9H2,1H3/q+1. The van der Waals surface area contributed by atoms with E-state index < -0.39 is 0 Å². The monoisotopic (exact) mass is 133 g/mol. The Morgan fingerprint density at radius 2 is 2.30 bits per heavy atom. The molecule has 0 fully saturated rings. The predicted octanol–water partition coefficient (Wildman–Crippen LogP) is 0.0593. The first kappa shape index (κ1) is 6.63. The summed E-state index contributed by atoms with van der Waals surface area (Å²) >= 11 is 0. The highest BCUT2D eigenvalue weighted by molar-refractivity contribution is 5.21. The van der Waals surface area contributed by atoms with Gasteiger partial charge in [0.15, 0.2) is 0 Å². The van der Waals surface area contributed by atoms with Crippen LogP contribution in [0.1, 0.15) is 12.6 Å². The number of pyridine rings is 1. The van der Waals surface area contributed by atoms with Gasteiger partial charge in [0.05, 0.1) is 0 Å². The number of hydrogen-bond donors (Lipinski definition) is 1. The van der Waals surface area contributed by atoms with Crippen LogP contribution >= 0.6 is 0 Å². The van der Waals surface area contributed by atoms with Crippen molar-refractivity contribution in [3.8, 4) is 11.8 Å². The van der Waals surface area contributed by atoms with Crippen molar-refractivity contribution in [3.05, 3.63) is 30.1 Å². The van der Waals surface area contributed by atoms with E-state index in [0.29, 0.717) is 0 Å². The SMILES string of the molecule is CC#Cc1cccc[n+]1N. The largest absolute Gasteiger partial charge is 0.285 e. The van der Waals surface area contributed by atoms with E-state index in [0.717, 1.165) is 5.69 Å². The van der Waals surface area contributed by atoms with E-state index in [2.05, 4.69) is 11.8 Å². The molecular formula is C8H9N2+. The molecule has 2 nitrogen and oxygen atoms in total. The van der Waals surface area contributed by atoms with Gasteiger partial charge in [-0.25, -0.2) is 5.84 Å². The van der Waals surface area contributed by atoms with Gasteiger partial charge in [0.2, 0.25) is 6.20 Å². The molecule has 50 valence electrons. The Bertz CT molecular complexity index is 281. The zero-order valence-electron chi connectivity index (χ0n) is 5.83. The van der Waals surface area contributed by atoms with Crippen molar-refractivity contribution in [1.29, 1.82) is 0 Å². The molecule has 0 aliphatic rings. The maximum Gasteiger partial charge on any atom is 0.285 e. The number of nitrogens with zero attached hydrogens (tertiary/aromatic N) is 1. The smallest absolute Gasteiger partial charge is 0.204 e. The number of rotatable bonds is 0. The quantitative estimate of drug-likeness (QED) is 0.303. The third-order valence-corrected chi connectivity index (χ3v) is 1.14. The summed E-state index contributed by atoms with van der Waals surface area (Å²) in [5.74, 6) is 11.2. The lowest BCUT2D eigenvalue weighted by molar-refractivity contribution is -0.641. The van der Waals surface area contributed by atoms with Crippen LogP contribution in [0.15, 0.2) is 24.4 Å². The maximum absolute atomic E-state index is 5.52. The van der Waals surface area contributed by atoms with Gasteiger partial charge in [0, 0.05) is 18.1 Å². The van der Waals surface area contributed by atoms with Crippen LogP contribution in [0.25, 0.3) is 0 Å². The molecule has 0 aliphatic carbocycles. The van der Waals surface area contributed by atoms with Crippen LogP contribution in [-0.4, -0.2) is 0 Å². The summed E-state index contributed by atoms with van der Waals surface area (Å²) in [6.45, 7) is 1.78. The van der Waals surface area contributed by atoms with E-state index in [4.69, 9.17) is 5.84 Å². The molecule has 0 atom stereocenters. The zero-order chi connectivity index (χ0) is 7.40. The molecule has 0 amide bonds. The van der Waals surface area contributed by atoms with Crippen molar-refractivity contribution < 1.29 is 4.68 Å². The lowest BCUT2D eigenvalue weighted by Gasteiger charge is -1.85. The third kappa shape index (κ3) is 1.26. The molecule has 2 N–H and O–H groups in total. The van der Waals surface area contributed by atoms with Crippen LogP contribution in [0.3, 0.4) is 0 Å². The summed E-state index contributed by atoms with van der Waals surface area (Å²) in [5, 5.41) is 0. The average Bonchev–Trinajstić information content (AvgIpc) is 1.94. The summed E-state index contributed by atoms with van der Waals surface area (Å²) < 4.78 is 1.50. The van der Waals surface area contributed by atoms with Crippen molar-refractivity contribution >= 4 is 0 Å². The zero-order valence-corrected chi connectivity index (χ0v) is 5.83. The molecule has 0 aliphatic heterocycles. The van der Waals surface area contributed by atoms with E-state index in [1.54, 1.807) is 13.1 Å². The second-order valence-corrected chi connectivity index (χ2v) is 1.87. The highest BCUT2D eigenvalue weighted by atomic mass is 15.3. The van der Waals surface area contributed by atoms with Crippen LogP contribution in [0, 0.1) is 11.8 Å². The second-order valence-electron chi connectivity index (χ2n) is 1.87. The van der Waals surface area contributed by atoms with Gasteiger partial charge in [0.25, 0.3) is 5.69 Å². The first-order chi connectivity index (χ1) is 4.84. The topological polar surface area (TPSA) is 29.9 Å². The molecule has 0 unspecified atom stereocenters. The molecule has 2 heteroatoms. The molecule has 1 rings (SSSR count). The maximum atomic E-state index is 5.52. The molecule has 1 heterocycles. The molecule has 0 aromatic carbocycles. The van der Waals surface area contributed by atoms with Gasteiger partial charge in [-0.15, -0.1) is 0 Å². The van der Waals surface area contributed by atoms with Crippen molar-refractivity contribution in [2.75, 3.05) is 5.84 Å². The second kappa shape index (κ2) is 2.88. The van der Waals surface area contributed by atoms with Crippen LogP contribution in [-0.2, 0) is 0 Å². The molecule has 10 heavy (non-hydrogen) atoms. The minimum Gasteiger partial charge on any atom is -0.204 e. The summed E-state index contributed by atoms with van der Waals surface area (Å²) in [6, 6.07) is 5.64. The van der Waals surface area contributed by atoms with Crippen molar-refractivity contribution in [1.82, 2.24) is 0 Å². The van der Waals surface area contributed by atoms with Gasteiger partial charge in [0.1, 0.15) is 0 Å². The van der Waals surface area contributed by atoms with Gasteiger partial charge in [-0.05, 0) is 13.0 Å². The van der Waals surface area contributed by atoms with Crippen molar-refractivity contribution in [2.45, 2.75) is 6.92 Å². The Morgan fingerprint density at radius 1 is 1.50 bits per heavy atom. The minimum absolute atomic E-state index is 0.824. The third-order valence-electron chi connectivity index (χ3n) is 1.14. The molecule has 1 aromatic rings. The summed E-state index contributed by atoms with van der Waals surface area (Å²) in [7, 11) is 0. The van der Waals surface area contributed by atoms with Crippen LogP contribution in [0.4, 0.5) is 0 Å². The van der Waals surface area contributed by atoms with Gasteiger partial charge in [-0.2, -0.15) is 0 Å². The van der Waals surface area contributed by atoms with Gasteiger partial charge >= 0.3 is 0 Å². The average molecular weight is 133 g/mol. The van der Waals surface area contributed by atoms with Crippen molar-refractivity contribution in [2.24, 2.45) is 0 Å². The Labute approximate surface area is 60.3 Å². The van der Waals surface area contributed by atoms with Gasteiger partial charge in [-0.3, -0.25) is 0 Å². The number of nitrogen functional groups attached to an aromatic ring is 1. The molecule has 1 aromatic heterocycles. The van der Waals surface area contributed by atoms with Crippen LogP contribution in [0.5, 0.6) is 0 Å². The first-order valence-electron chi connectivity index (χ1n) is 3.03. The normalized spacial score (nSPS) is 8.10. The fraction of sp³-hybridized carbons (Fsp3) is 0.125. The highest BCUT2D eigenvalue weighted by Crippen LogP contribution is 1.84. The highest BCUT2D eigenvalue weighted by Gasteiger charge is 1.98. The Balaban J connectivity index is 3.11. The Hall–Kier alpha value is -1.49. The number of nitrogens with two attached hydrogens (primary N) is 1. The lowest BCUT2D eigenvalue weighted by Crippen LogP contribution is -2.46. The summed E-state index contributed by atoms with van der Waals surface area (Å²) in [5.41, 5.74) is 0.824. The number of hydrogen-bond acceptors (Lipinski definition) is 1. The van der Waals surface area contributed by atoms with Gasteiger partial charge in [-0.1, -0.05) is 10.6 Å². The number of aromatic nitrogens is 1. The Kier molecular flexibility index (Phi) is 1.91. The van der Waals surface area contributed by atoms with E-state index in [9.17, 15) is 0 Å². The van der Waals surface area contributed by atoms with Gasteiger partial charge < -0.3 is 0 Å². The molecule has 0 bridgehead atoms. The molecular weight excluding hydrogens is 124 g/mol. The van der Waals surface area contributed by atoms with Crippen molar-refractivity contribution in [3.63, 3.8) is 0 Å². The van der Waals surface area contributed by atoms with Crippen LogP contribution < -0.4 is 10.5 Å². The van der Waals surface area contributed by atoms with Crippen LogP contribution in [0.2, 0.25) is 0 Å². The fourth-order valence-corrected chi connectivity index (χ4v) is 0.690. The molecule has 0 radical (unpaired) electrons. The fourth-order valence-electron chi connectivity index (χ4n) is 0.690. The lowest BCUT2D eigenvalue weighted by atomic mass is 10.3. The minimum atomic E-state index is 0.824.